The zero-order chi connectivity index (χ0) is 34.0. The predicted molar refractivity (Wildman–Crippen MR) is 168 cm³/mol. The lowest BCUT2D eigenvalue weighted by atomic mass is 10.1. The van der Waals surface area contributed by atoms with Gasteiger partial charge in [-0.2, -0.15) is 0 Å². The number of carbonyl (C=O) groups is 6. The molecule has 4 N–H and O–H groups in total. The van der Waals surface area contributed by atoms with Crippen molar-refractivity contribution in [2.24, 2.45) is 0 Å². The van der Waals surface area contributed by atoms with Crippen LogP contribution >= 0.6 is 0 Å². The smallest absolute Gasteiger partial charge is 0.407 e. The standard InChI is InChI=1S/C31H47N5O10/c1-31(2,3)46-30(42)34-13-8-16-44-18-20-45-19-17-43-15-7-12-33-25(38)21-35-23-10-5-9-22-26(23)29(41)36(28(22)40)24(11-6-14-37)27(39)32-4/h5,9-10,14,24,35H,6-8,11-13,15-21H2,1-4H3,(H,32,39)(H,33,38)(H,34,42). The van der Waals surface area contributed by atoms with E-state index in [4.69, 9.17) is 18.9 Å². The van der Waals surface area contributed by atoms with Crippen molar-refractivity contribution in [3.8, 4) is 0 Å². The van der Waals surface area contributed by atoms with E-state index in [0.29, 0.717) is 77.5 Å². The monoisotopic (exact) mass is 649 g/mol. The van der Waals surface area contributed by atoms with Gasteiger partial charge in [-0.05, 0) is 52.2 Å². The minimum Gasteiger partial charge on any atom is -0.444 e. The number of nitrogens with one attached hydrogen (secondary N) is 4. The van der Waals surface area contributed by atoms with Gasteiger partial charge in [-0.1, -0.05) is 6.07 Å². The van der Waals surface area contributed by atoms with Crippen LogP contribution in [0.4, 0.5) is 10.5 Å². The zero-order valence-electron chi connectivity index (χ0n) is 27.1. The molecule has 1 unspecified atom stereocenters. The maximum Gasteiger partial charge on any atom is 0.407 e. The summed E-state index contributed by atoms with van der Waals surface area (Å²) in [5, 5.41) is 10.8. The van der Waals surface area contributed by atoms with Gasteiger partial charge in [-0.25, -0.2) is 4.79 Å². The molecule has 256 valence electrons. The number of rotatable bonds is 22. The van der Waals surface area contributed by atoms with E-state index in [0.717, 1.165) is 4.90 Å². The molecule has 1 aliphatic heterocycles. The molecule has 46 heavy (non-hydrogen) atoms. The fraction of sp³-hybridized carbons (Fsp3) is 0.613. The highest BCUT2D eigenvalue weighted by molar-refractivity contribution is 6.25. The molecule has 0 radical (unpaired) electrons. The van der Waals surface area contributed by atoms with Crippen molar-refractivity contribution >= 4 is 41.7 Å². The van der Waals surface area contributed by atoms with Crippen LogP contribution in [0.2, 0.25) is 0 Å². The topological polar surface area (TPSA) is 191 Å². The summed E-state index contributed by atoms with van der Waals surface area (Å²) < 4.78 is 21.6. The van der Waals surface area contributed by atoms with Crippen LogP contribution in [0, 0.1) is 0 Å². The van der Waals surface area contributed by atoms with E-state index in [1.165, 1.54) is 13.1 Å². The molecule has 0 fully saturated rings. The molecule has 1 aromatic carbocycles. The first-order chi connectivity index (χ1) is 22.0. The summed E-state index contributed by atoms with van der Waals surface area (Å²) in [5.74, 6) is -2.16. The van der Waals surface area contributed by atoms with Gasteiger partial charge in [0.1, 0.15) is 17.9 Å². The lowest BCUT2D eigenvalue weighted by molar-refractivity contribution is -0.125. The van der Waals surface area contributed by atoms with Gasteiger partial charge in [0, 0.05) is 45.5 Å². The van der Waals surface area contributed by atoms with Crippen LogP contribution in [0.15, 0.2) is 18.2 Å². The van der Waals surface area contributed by atoms with Gasteiger partial charge in [-0.3, -0.25) is 24.1 Å². The summed E-state index contributed by atoms with van der Waals surface area (Å²) >= 11 is 0. The summed E-state index contributed by atoms with van der Waals surface area (Å²) in [4.78, 5) is 74.3. The van der Waals surface area contributed by atoms with Crippen LogP contribution in [0.5, 0.6) is 0 Å². The number of nitrogens with zero attached hydrogens (tertiary/aromatic N) is 1. The van der Waals surface area contributed by atoms with Crippen LogP contribution < -0.4 is 21.3 Å². The fourth-order valence-electron chi connectivity index (χ4n) is 4.36. The van der Waals surface area contributed by atoms with Crippen molar-refractivity contribution < 1.29 is 47.7 Å². The number of aldehydes is 1. The number of fused-ring (bicyclic) bond motifs is 1. The maximum absolute atomic E-state index is 13.2. The summed E-state index contributed by atoms with van der Waals surface area (Å²) in [7, 11) is 1.39. The summed E-state index contributed by atoms with van der Waals surface area (Å²) in [5.41, 5.74) is -0.0328. The molecule has 1 heterocycles. The van der Waals surface area contributed by atoms with E-state index in [1.54, 1.807) is 32.9 Å². The molecule has 5 amide bonds. The first-order valence-corrected chi connectivity index (χ1v) is 15.4. The summed E-state index contributed by atoms with van der Waals surface area (Å²) in [6.07, 6.45) is 1.43. The van der Waals surface area contributed by atoms with Crippen LogP contribution in [0.3, 0.4) is 0 Å². The Morgan fingerprint density at radius 1 is 0.891 bits per heavy atom. The highest BCUT2D eigenvalue weighted by atomic mass is 16.6. The number of likely N-dealkylation sites (N-methyl/N-ethyl adjacent to an activating group) is 1. The molecular formula is C31H47N5O10. The molecule has 15 nitrogen and oxygen atoms in total. The van der Waals surface area contributed by atoms with E-state index in [1.807, 2.05) is 0 Å². The van der Waals surface area contributed by atoms with E-state index in [-0.39, 0.29) is 36.4 Å². The Labute approximate surface area is 269 Å². The molecule has 1 atom stereocenters. The molecule has 0 saturated heterocycles. The molecule has 0 aliphatic carbocycles. The van der Waals surface area contributed by atoms with Gasteiger partial charge in [0.25, 0.3) is 11.8 Å². The molecule has 2 rings (SSSR count). The van der Waals surface area contributed by atoms with Crippen molar-refractivity contribution in [3.63, 3.8) is 0 Å². The van der Waals surface area contributed by atoms with E-state index in [2.05, 4.69) is 21.3 Å². The number of imide groups is 1. The van der Waals surface area contributed by atoms with Gasteiger partial charge in [0.15, 0.2) is 0 Å². The first-order valence-electron chi connectivity index (χ1n) is 15.4. The van der Waals surface area contributed by atoms with Crippen molar-refractivity contribution in [1.82, 2.24) is 20.9 Å². The number of ether oxygens (including phenoxy) is 4. The van der Waals surface area contributed by atoms with E-state index >= 15 is 0 Å². The third kappa shape index (κ3) is 13.1. The van der Waals surface area contributed by atoms with Crippen molar-refractivity contribution in [2.45, 2.75) is 58.1 Å². The van der Waals surface area contributed by atoms with Gasteiger partial charge < -0.3 is 45.0 Å². The second kappa shape index (κ2) is 20.1. The molecule has 0 spiro atoms. The SMILES string of the molecule is CNC(=O)C(CCC=O)N1C(=O)c2cccc(NCC(=O)NCCCOCCOCCOCCCNC(=O)OC(C)(C)C)c2C1=O. The average molecular weight is 650 g/mol. The third-order valence-electron chi connectivity index (χ3n) is 6.47. The number of carbonyl (C=O) groups excluding carboxylic acids is 6. The Kier molecular flexibility index (Phi) is 16.7. The Balaban J connectivity index is 1.57. The molecule has 0 saturated carbocycles. The lowest BCUT2D eigenvalue weighted by Crippen LogP contribution is -2.48. The fourth-order valence-corrected chi connectivity index (χ4v) is 4.36. The Morgan fingerprint density at radius 2 is 1.50 bits per heavy atom. The van der Waals surface area contributed by atoms with Gasteiger partial charge in [-0.15, -0.1) is 0 Å². The van der Waals surface area contributed by atoms with E-state index < -0.39 is 35.5 Å². The minimum atomic E-state index is -1.13. The van der Waals surface area contributed by atoms with Crippen molar-refractivity contribution in [1.29, 1.82) is 0 Å². The Morgan fingerprint density at radius 3 is 2.09 bits per heavy atom. The highest BCUT2D eigenvalue weighted by Gasteiger charge is 2.43. The largest absolute Gasteiger partial charge is 0.444 e. The second-order valence-corrected chi connectivity index (χ2v) is 11.3. The maximum atomic E-state index is 13.2. The minimum absolute atomic E-state index is 0.00469. The van der Waals surface area contributed by atoms with E-state index in [9.17, 15) is 28.8 Å². The molecule has 1 aromatic rings. The Bertz CT molecular complexity index is 1190. The normalized spacial score (nSPS) is 13.2. The zero-order valence-corrected chi connectivity index (χ0v) is 27.1. The average Bonchev–Trinajstić information content (AvgIpc) is 3.26. The van der Waals surface area contributed by atoms with Gasteiger partial charge in [0.2, 0.25) is 11.8 Å². The predicted octanol–water partition coefficient (Wildman–Crippen LogP) is 1.26. The number of anilines is 1. The number of benzene rings is 1. The van der Waals surface area contributed by atoms with Gasteiger partial charge >= 0.3 is 6.09 Å². The summed E-state index contributed by atoms with van der Waals surface area (Å²) in [6.45, 7) is 8.68. The van der Waals surface area contributed by atoms with Crippen LogP contribution in [0.1, 0.15) is 67.2 Å². The van der Waals surface area contributed by atoms with Crippen LogP contribution in [-0.4, -0.2) is 119 Å². The second-order valence-electron chi connectivity index (χ2n) is 11.3. The molecule has 15 heteroatoms. The first kappa shape index (κ1) is 38.1. The molecule has 0 aromatic heterocycles. The molecular weight excluding hydrogens is 602 g/mol. The van der Waals surface area contributed by atoms with Crippen LogP contribution in [0.25, 0.3) is 0 Å². The quantitative estimate of drug-likeness (QED) is 0.0804. The number of alkyl carbamates (subject to hydrolysis) is 1. The lowest BCUT2D eigenvalue weighted by Gasteiger charge is -2.24. The van der Waals surface area contributed by atoms with Gasteiger partial charge in [0.05, 0.1) is 44.1 Å². The highest BCUT2D eigenvalue weighted by Crippen LogP contribution is 2.31. The Hall–Kier alpha value is -4.08. The van der Waals surface area contributed by atoms with Crippen LogP contribution in [-0.2, 0) is 33.3 Å². The summed E-state index contributed by atoms with van der Waals surface area (Å²) in [6, 6.07) is 3.52. The van der Waals surface area contributed by atoms with Crippen molar-refractivity contribution in [2.75, 3.05) is 71.6 Å². The number of hydrogen-bond acceptors (Lipinski definition) is 11. The number of amides is 5. The van der Waals surface area contributed by atoms with Crippen molar-refractivity contribution in [3.05, 3.63) is 29.3 Å². The molecule has 0 bridgehead atoms. The molecule has 1 aliphatic rings. The number of hydrogen-bond donors (Lipinski definition) is 4. The third-order valence-corrected chi connectivity index (χ3v) is 6.47.